The summed E-state index contributed by atoms with van der Waals surface area (Å²) >= 11 is 0. The molecule has 216 valence electrons. The highest BCUT2D eigenvalue weighted by atomic mass is 16.5. The summed E-state index contributed by atoms with van der Waals surface area (Å²) < 4.78 is 15.7. The zero-order valence-electron chi connectivity index (χ0n) is 24.7. The van der Waals surface area contributed by atoms with Gasteiger partial charge in [0.05, 0.1) is 18.8 Å². The van der Waals surface area contributed by atoms with Crippen molar-refractivity contribution in [3.05, 3.63) is 102 Å². The first-order valence-corrected chi connectivity index (χ1v) is 14.4. The van der Waals surface area contributed by atoms with Crippen LogP contribution in [0, 0.1) is 0 Å². The molecular weight excluding hydrogens is 512 g/mol. The third-order valence-corrected chi connectivity index (χ3v) is 6.85. The predicted molar refractivity (Wildman–Crippen MR) is 166 cm³/mol. The summed E-state index contributed by atoms with van der Waals surface area (Å²) in [7, 11) is 1.52. The van der Waals surface area contributed by atoms with Crippen molar-refractivity contribution in [3.63, 3.8) is 0 Å². The van der Waals surface area contributed by atoms with Gasteiger partial charge in [-0.2, -0.15) is 0 Å². The minimum atomic E-state index is -0.441. The van der Waals surface area contributed by atoms with Gasteiger partial charge in [0.25, 0.3) is 0 Å². The summed E-state index contributed by atoms with van der Waals surface area (Å²) in [6.07, 6.45) is 7.53. The zero-order valence-corrected chi connectivity index (χ0v) is 24.7. The van der Waals surface area contributed by atoms with Crippen molar-refractivity contribution >= 4 is 11.9 Å². The lowest BCUT2D eigenvalue weighted by Gasteiger charge is -2.14. The highest BCUT2D eigenvalue weighted by Crippen LogP contribution is 2.36. The van der Waals surface area contributed by atoms with E-state index in [4.69, 9.17) is 14.2 Å². The number of carbonyl (C=O) groups is 2. The highest BCUT2D eigenvalue weighted by Gasteiger charge is 2.13. The fourth-order valence-electron chi connectivity index (χ4n) is 4.51. The molecular formula is C36H42O5. The van der Waals surface area contributed by atoms with Crippen molar-refractivity contribution in [2.45, 2.75) is 58.8 Å². The van der Waals surface area contributed by atoms with Gasteiger partial charge < -0.3 is 14.2 Å². The van der Waals surface area contributed by atoms with Crippen molar-refractivity contribution in [1.29, 1.82) is 0 Å². The average molecular weight is 555 g/mol. The Hall–Kier alpha value is -3.96. The third-order valence-electron chi connectivity index (χ3n) is 6.85. The molecule has 0 bridgehead atoms. The molecule has 0 amide bonds. The largest absolute Gasteiger partial charge is 0.462 e. The second-order valence-corrected chi connectivity index (χ2v) is 10.4. The molecule has 3 aromatic carbocycles. The van der Waals surface area contributed by atoms with Gasteiger partial charge in [0.15, 0.2) is 0 Å². The molecule has 41 heavy (non-hydrogen) atoms. The molecule has 0 unspecified atom stereocenters. The van der Waals surface area contributed by atoms with Crippen LogP contribution in [0.15, 0.2) is 91.0 Å². The topological polar surface area (TPSA) is 61.8 Å². The minimum Gasteiger partial charge on any atom is -0.462 e. The van der Waals surface area contributed by atoms with E-state index in [9.17, 15) is 9.59 Å². The summed E-state index contributed by atoms with van der Waals surface area (Å²) in [4.78, 5) is 24.1. The summed E-state index contributed by atoms with van der Waals surface area (Å²) in [6.45, 7) is 11.7. The van der Waals surface area contributed by atoms with Gasteiger partial charge in [0.2, 0.25) is 0 Å². The number of carbonyl (C=O) groups excluding carboxylic acids is 2. The quantitative estimate of drug-likeness (QED) is 0.0771. The normalized spacial score (nSPS) is 10.7. The molecule has 0 aromatic heterocycles. The maximum atomic E-state index is 12.2. The standard InChI is InChI=1S/C36H42O5/c1-6-7-8-9-11-28-15-19-31(20-16-28)34-24-32(41-35(37)26(2)3)21-22-33(34)30-17-13-29(14-18-30)12-10-23-40-36(38)27(4)25-39-5/h13-22,24H,2,4,6-12,23,25H2,1,3,5H3. The predicted octanol–water partition coefficient (Wildman–Crippen LogP) is 8.30. The molecule has 3 rings (SSSR count). The molecule has 0 aliphatic heterocycles. The van der Waals surface area contributed by atoms with Crippen molar-refractivity contribution in [2.75, 3.05) is 20.3 Å². The Morgan fingerprint density at radius 2 is 1.34 bits per heavy atom. The number of benzene rings is 3. The molecule has 5 nitrogen and oxygen atoms in total. The molecule has 0 spiro atoms. The molecule has 0 N–H and O–H groups in total. The Kier molecular flexibility index (Phi) is 12.6. The Morgan fingerprint density at radius 3 is 1.93 bits per heavy atom. The van der Waals surface area contributed by atoms with Gasteiger partial charge in [-0.3, -0.25) is 0 Å². The van der Waals surface area contributed by atoms with E-state index in [0.717, 1.165) is 40.7 Å². The maximum absolute atomic E-state index is 12.2. The Morgan fingerprint density at radius 1 is 0.732 bits per heavy atom. The van der Waals surface area contributed by atoms with Gasteiger partial charge in [-0.15, -0.1) is 0 Å². The van der Waals surface area contributed by atoms with Crippen LogP contribution >= 0.6 is 0 Å². The number of aryl methyl sites for hydroxylation is 2. The summed E-state index contributed by atoms with van der Waals surface area (Å²) in [5.74, 6) is -0.374. The molecule has 0 fully saturated rings. The van der Waals surface area contributed by atoms with Crippen LogP contribution in [0.25, 0.3) is 22.3 Å². The first-order valence-electron chi connectivity index (χ1n) is 14.4. The lowest BCUT2D eigenvalue weighted by atomic mass is 9.92. The second kappa shape index (κ2) is 16.3. The molecule has 0 atom stereocenters. The van der Waals surface area contributed by atoms with Crippen molar-refractivity contribution in [1.82, 2.24) is 0 Å². The van der Waals surface area contributed by atoms with Crippen LogP contribution in [0.3, 0.4) is 0 Å². The Balaban J connectivity index is 1.76. The second-order valence-electron chi connectivity index (χ2n) is 10.4. The summed E-state index contributed by atoms with van der Waals surface area (Å²) in [5.41, 5.74) is 7.32. The van der Waals surface area contributed by atoms with E-state index >= 15 is 0 Å². The van der Waals surface area contributed by atoms with Gasteiger partial charge in [0, 0.05) is 12.7 Å². The zero-order chi connectivity index (χ0) is 29.6. The van der Waals surface area contributed by atoms with E-state index in [1.807, 2.05) is 18.2 Å². The van der Waals surface area contributed by atoms with E-state index < -0.39 is 11.9 Å². The molecule has 5 heteroatoms. The maximum Gasteiger partial charge on any atom is 0.338 e. The first-order chi connectivity index (χ1) is 19.8. The van der Waals surface area contributed by atoms with Crippen LogP contribution in [0.1, 0.15) is 57.1 Å². The monoisotopic (exact) mass is 554 g/mol. The lowest BCUT2D eigenvalue weighted by Crippen LogP contribution is -2.12. The number of hydrogen-bond acceptors (Lipinski definition) is 5. The molecule has 0 saturated heterocycles. The van der Waals surface area contributed by atoms with Crippen molar-refractivity contribution in [2.24, 2.45) is 0 Å². The fraction of sp³-hybridized carbons (Fsp3) is 0.333. The molecule has 0 aliphatic rings. The van der Waals surface area contributed by atoms with Gasteiger partial charge in [-0.1, -0.05) is 93.9 Å². The summed E-state index contributed by atoms with van der Waals surface area (Å²) in [6, 6.07) is 22.8. The van der Waals surface area contributed by atoms with Gasteiger partial charge in [-0.05, 0) is 78.1 Å². The van der Waals surface area contributed by atoms with Crippen LogP contribution in [-0.2, 0) is 31.9 Å². The van der Waals surface area contributed by atoms with Crippen LogP contribution in [0.5, 0.6) is 5.75 Å². The van der Waals surface area contributed by atoms with Gasteiger partial charge in [-0.25, -0.2) is 9.59 Å². The van der Waals surface area contributed by atoms with E-state index in [0.29, 0.717) is 29.9 Å². The number of hydrogen-bond donors (Lipinski definition) is 0. The van der Waals surface area contributed by atoms with E-state index in [-0.39, 0.29) is 6.61 Å². The number of ether oxygens (including phenoxy) is 3. The van der Waals surface area contributed by atoms with E-state index in [1.165, 1.54) is 38.4 Å². The SMILES string of the molecule is C=C(C)C(=O)Oc1ccc(-c2ccc(CCCOC(=O)C(=C)COC)cc2)c(-c2ccc(CCCCCC)cc2)c1. The fourth-order valence-corrected chi connectivity index (χ4v) is 4.51. The Bertz CT molecular complexity index is 1320. The number of methoxy groups -OCH3 is 1. The number of unbranched alkanes of at least 4 members (excludes halogenated alkanes) is 3. The van der Waals surface area contributed by atoms with E-state index in [2.05, 4.69) is 68.6 Å². The minimum absolute atomic E-state index is 0.169. The summed E-state index contributed by atoms with van der Waals surface area (Å²) in [5, 5.41) is 0. The van der Waals surface area contributed by atoms with Crippen molar-refractivity contribution < 1.29 is 23.8 Å². The first kappa shape index (κ1) is 31.6. The lowest BCUT2D eigenvalue weighted by molar-refractivity contribution is -0.139. The molecule has 0 aliphatic carbocycles. The van der Waals surface area contributed by atoms with Gasteiger partial charge in [0.1, 0.15) is 5.75 Å². The van der Waals surface area contributed by atoms with Crippen LogP contribution in [0.2, 0.25) is 0 Å². The third kappa shape index (κ3) is 9.87. The number of esters is 2. The smallest absolute Gasteiger partial charge is 0.338 e. The average Bonchev–Trinajstić information content (AvgIpc) is 2.98. The van der Waals surface area contributed by atoms with Crippen LogP contribution in [0.4, 0.5) is 0 Å². The Labute approximate surface area is 244 Å². The van der Waals surface area contributed by atoms with Crippen LogP contribution in [-0.4, -0.2) is 32.3 Å². The molecule has 0 saturated carbocycles. The highest BCUT2D eigenvalue weighted by molar-refractivity contribution is 5.90. The molecule has 0 radical (unpaired) electrons. The molecule has 3 aromatic rings. The van der Waals surface area contributed by atoms with Gasteiger partial charge >= 0.3 is 11.9 Å². The molecule has 0 heterocycles. The van der Waals surface area contributed by atoms with E-state index in [1.54, 1.807) is 6.92 Å². The van der Waals surface area contributed by atoms with Crippen LogP contribution < -0.4 is 4.74 Å². The number of rotatable bonds is 16. The van der Waals surface area contributed by atoms with Crippen molar-refractivity contribution in [3.8, 4) is 28.0 Å².